The molecule has 0 radical (unpaired) electrons. The van der Waals surface area contributed by atoms with E-state index in [1.54, 1.807) is 0 Å². The molecule has 2 heteroatoms. The van der Waals surface area contributed by atoms with Crippen LogP contribution < -0.4 is 10.6 Å². The van der Waals surface area contributed by atoms with Gasteiger partial charge in [0.1, 0.15) is 0 Å². The molecule has 0 unspecified atom stereocenters. The van der Waals surface area contributed by atoms with Crippen molar-refractivity contribution in [2.45, 2.75) is 38.6 Å². The zero-order valence-corrected chi connectivity index (χ0v) is 9.64. The zero-order valence-electron chi connectivity index (χ0n) is 9.64. The highest BCUT2D eigenvalue weighted by molar-refractivity contribution is 5.61. The van der Waals surface area contributed by atoms with Gasteiger partial charge in [0.05, 0.1) is 0 Å². The molecule has 1 fully saturated rings. The summed E-state index contributed by atoms with van der Waals surface area (Å²) in [4.78, 5) is 0. The molecule has 15 heavy (non-hydrogen) atoms. The molecular weight excluding hydrogens is 184 g/mol. The standard InChI is InChI=1S/C13H20N2/c1-10-7-8-12(9-13(10)14-2)15-11-5-3-4-6-11/h7-9,11,14-15H,3-6H2,1-2H3. The molecule has 1 aliphatic carbocycles. The maximum Gasteiger partial charge on any atom is 0.0388 e. The average Bonchev–Trinajstić information content (AvgIpc) is 2.73. The van der Waals surface area contributed by atoms with Crippen molar-refractivity contribution >= 4 is 11.4 Å². The molecule has 0 heterocycles. The van der Waals surface area contributed by atoms with Gasteiger partial charge in [-0.2, -0.15) is 0 Å². The quantitative estimate of drug-likeness (QED) is 0.788. The van der Waals surface area contributed by atoms with Crippen LogP contribution in [-0.4, -0.2) is 13.1 Å². The molecule has 1 saturated carbocycles. The minimum Gasteiger partial charge on any atom is -0.388 e. The van der Waals surface area contributed by atoms with Gasteiger partial charge in [-0.05, 0) is 37.5 Å². The van der Waals surface area contributed by atoms with E-state index in [4.69, 9.17) is 0 Å². The summed E-state index contributed by atoms with van der Waals surface area (Å²) < 4.78 is 0. The zero-order chi connectivity index (χ0) is 10.7. The van der Waals surface area contributed by atoms with Gasteiger partial charge in [0.2, 0.25) is 0 Å². The second-order valence-electron chi connectivity index (χ2n) is 4.41. The Balaban J connectivity index is 2.07. The van der Waals surface area contributed by atoms with Crippen LogP contribution in [0.15, 0.2) is 18.2 Å². The number of anilines is 2. The Morgan fingerprint density at radius 1 is 1.20 bits per heavy atom. The highest BCUT2D eigenvalue weighted by Crippen LogP contribution is 2.25. The highest BCUT2D eigenvalue weighted by Gasteiger charge is 2.14. The number of aryl methyl sites for hydroxylation is 1. The fraction of sp³-hybridized carbons (Fsp3) is 0.538. The molecule has 0 atom stereocenters. The Morgan fingerprint density at radius 3 is 2.60 bits per heavy atom. The van der Waals surface area contributed by atoms with E-state index in [2.05, 4.69) is 35.8 Å². The molecule has 82 valence electrons. The maximum absolute atomic E-state index is 3.60. The van der Waals surface area contributed by atoms with Crippen molar-refractivity contribution in [3.05, 3.63) is 23.8 Å². The third-order valence-corrected chi connectivity index (χ3v) is 3.23. The summed E-state index contributed by atoms with van der Waals surface area (Å²) in [6, 6.07) is 7.24. The van der Waals surface area contributed by atoms with Crippen molar-refractivity contribution in [3.8, 4) is 0 Å². The summed E-state index contributed by atoms with van der Waals surface area (Å²) >= 11 is 0. The van der Waals surface area contributed by atoms with Crippen LogP contribution in [0.1, 0.15) is 31.2 Å². The van der Waals surface area contributed by atoms with Gasteiger partial charge in [-0.3, -0.25) is 0 Å². The lowest BCUT2D eigenvalue weighted by molar-refractivity contribution is 0.755. The van der Waals surface area contributed by atoms with Crippen molar-refractivity contribution in [2.24, 2.45) is 0 Å². The monoisotopic (exact) mass is 204 g/mol. The molecule has 1 aliphatic rings. The normalized spacial score (nSPS) is 16.7. The van der Waals surface area contributed by atoms with Crippen LogP contribution in [0.25, 0.3) is 0 Å². The molecule has 0 aromatic heterocycles. The summed E-state index contributed by atoms with van der Waals surface area (Å²) in [6.45, 7) is 2.13. The minimum atomic E-state index is 0.692. The van der Waals surface area contributed by atoms with Crippen LogP contribution in [0.5, 0.6) is 0 Å². The Labute approximate surface area is 92.1 Å². The fourth-order valence-electron chi connectivity index (χ4n) is 2.29. The van der Waals surface area contributed by atoms with Gasteiger partial charge < -0.3 is 10.6 Å². The van der Waals surface area contributed by atoms with Crippen LogP contribution in [-0.2, 0) is 0 Å². The largest absolute Gasteiger partial charge is 0.388 e. The Kier molecular flexibility index (Phi) is 3.14. The molecule has 0 amide bonds. The molecule has 2 nitrogen and oxygen atoms in total. The summed E-state index contributed by atoms with van der Waals surface area (Å²) in [5.41, 5.74) is 3.77. The Morgan fingerprint density at radius 2 is 1.93 bits per heavy atom. The lowest BCUT2D eigenvalue weighted by atomic mass is 10.1. The van der Waals surface area contributed by atoms with Crippen LogP contribution in [0.4, 0.5) is 11.4 Å². The SMILES string of the molecule is CNc1cc(NC2CCCC2)ccc1C. The second kappa shape index (κ2) is 4.56. The Bertz CT molecular complexity index is 327. The van der Waals surface area contributed by atoms with Crippen molar-refractivity contribution in [1.82, 2.24) is 0 Å². The second-order valence-corrected chi connectivity index (χ2v) is 4.41. The third-order valence-electron chi connectivity index (χ3n) is 3.23. The molecule has 0 aliphatic heterocycles. The highest BCUT2D eigenvalue weighted by atomic mass is 14.9. The molecule has 0 bridgehead atoms. The molecule has 2 N–H and O–H groups in total. The molecular formula is C13H20N2. The maximum atomic E-state index is 3.60. The smallest absolute Gasteiger partial charge is 0.0388 e. The van der Waals surface area contributed by atoms with E-state index in [1.165, 1.54) is 42.6 Å². The van der Waals surface area contributed by atoms with Crippen LogP contribution in [0.3, 0.4) is 0 Å². The third kappa shape index (κ3) is 2.44. The van der Waals surface area contributed by atoms with E-state index in [9.17, 15) is 0 Å². The summed E-state index contributed by atoms with van der Waals surface area (Å²) in [7, 11) is 1.97. The van der Waals surface area contributed by atoms with Gasteiger partial charge >= 0.3 is 0 Å². The molecule has 1 aromatic carbocycles. The molecule has 1 aromatic rings. The number of hydrogen-bond donors (Lipinski definition) is 2. The predicted octanol–water partition coefficient (Wildman–Crippen LogP) is 3.39. The summed E-state index contributed by atoms with van der Waals surface area (Å²) in [6.07, 6.45) is 5.40. The summed E-state index contributed by atoms with van der Waals surface area (Å²) in [5, 5.41) is 6.82. The van der Waals surface area contributed by atoms with Crippen molar-refractivity contribution in [3.63, 3.8) is 0 Å². The first kappa shape index (κ1) is 10.3. The van der Waals surface area contributed by atoms with Gasteiger partial charge in [-0.25, -0.2) is 0 Å². The van der Waals surface area contributed by atoms with E-state index in [0.717, 1.165) is 0 Å². The van der Waals surface area contributed by atoms with Crippen LogP contribution in [0, 0.1) is 6.92 Å². The number of hydrogen-bond acceptors (Lipinski definition) is 2. The van der Waals surface area contributed by atoms with E-state index < -0.39 is 0 Å². The van der Waals surface area contributed by atoms with E-state index >= 15 is 0 Å². The first-order valence-electron chi connectivity index (χ1n) is 5.84. The fourth-order valence-corrected chi connectivity index (χ4v) is 2.29. The van der Waals surface area contributed by atoms with Gasteiger partial charge in [0.15, 0.2) is 0 Å². The van der Waals surface area contributed by atoms with Gasteiger partial charge in [-0.15, -0.1) is 0 Å². The molecule has 2 rings (SSSR count). The minimum absolute atomic E-state index is 0.692. The lowest BCUT2D eigenvalue weighted by Gasteiger charge is -2.15. The van der Waals surface area contributed by atoms with Gasteiger partial charge in [0, 0.05) is 24.5 Å². The van der Waals surface area contributed by atoms with Crippen molar-refractivity contribution in [2.75, 3.05) is 17.7 Å². The van der Waals surface area contributed by atoms with Gasteiger partial charge in [-0.1, -0.05) is 18.9 Å². The Hall–Kier alpha value is -1.18. The molecule has 0 saturated heterocycles. The average molecular weight is 204 g/mol. The van der Waals surface area contributed by atoms with E-state index in [1.807, 2.05) is 7.05 Å². The first-order valence-corrected chi connectivity index (χ1v) is 5.84. The number of nitrogens with one attached hydrogen (secondary N) is 2. The van der Waals surface area contributed by atoms with Crippen LogP contribution in [0.2, 0.25) is 0 Å². The number of rotatable bonds is 3. The predicted molar refractivity (Wildman–Crippen MR) is 66.6 cm³/mol. The topological polar surface area (TPSA) is 24.1 Å². The number of benzene rings is 1. The lowest BCUT2D eigenvalue weighted by Crippen LogP contribution is -2.14. The van der Waals surface area contributed by atoms with Crippen molar-refractivity contribution in [1.29, 1.82) is 0 Å². The van der Waals surface area contributed by atoms with E-state index in [-0.39, 0.29) is 0 Å². The molecule has 0 spiro atoms. The summed E-state index contributed by atoms with van der Waals surface area (Å²) in [5.74, 6) is 0. The van der Waals surface area contributed by atoms with E-state index in [0.29, 0.717) is 6.04 Å². The first-order chi connectivity index (χ1) is 7.29. The van der Waals surface area contributed by atoms with Gasteiger partial charge in [0.25, 0.3) is 0 Å². The van der Waals surface area contributed by atoms with Crippen molar-refractivity contribution < 1.29 is 0 Å². The van der Waals surface area contributed by atoms with Crippen LogP contribution >= 0.6 is 0 Å².